The van der Waals surface area contributed by atoms with Gasteiger partial charge in [-0.3, -0.25) is 0 Å². The number of nitrogens with two attached hydrogens (primary N) is 1. The van der Waals surface area contributed by atoms with Gasteiger partial charge in [0, 0.05) is 23.6 Å². The molecule has 2 rings (SSSR count). The zero-order chi connectivity index (χ0) is 13.3. The van der Waals surface area contributed by atoms with Gasteiger partial charge < -0.3 is 5.73 Å². The van der Waals surface area contributed by atoms with E-state index < -0.39 is 10.0 Å². The molecule has 18 heavy (non-hydrogen) atoms. The molecule has 1 heterocycles. The summed E-state index contributed by atoms with van der Waals surface area (Å²) in [5.74, 6) is 0. The third-order valence-corrected chi connectivity index (χ3v) is 5.94. The highest BCUT2D eigenvalue weighted by Gasteiger charge is 2.28. The molecule has 0 radical (unpaired) electrons. The van der Waals surface area contributed by atoms with Crippen LogP contribution in [0.5, 0.6) is 0 Å². The van der Waals surface area contributed by atoms with Crippen LogP contribution in [-0.4, -0.2) is 31.9 Å². The topological polar surface area (TPSA) is 63.4 Å². The van der Waals surface area contributed by atoms with E-state index in [0.29, 0.717) is 18.0 Å². The summed E-state index contributed by atoms with van der Waals surface area (Å²) >= 11 is 3.37. The normalized spacial score (nSPS) is 22.1. The molecule has 1 saturated heterocycles. The number of rotatable bonds is 2. The summed E-state index contributed by atoms with van der Waals surface area (Å²) in [6.45, 7) is 2.85. The molecule has 0 unspecified atom stereocenters. The number of piperidine rings is 1. The Hall–Kier alpha value is -0.430. The predicted octanol–water partition coefficient (Wildman–Crippen LogP) is 1.87. The van der Waals surface area contributed by atoms with Crippen molar-refractivity contribution in [3.8, 4) is 0 Å². The van der Waals surface area contributed by atoms with Gasteiger partial charge in [0.15, 0.2) is 0 Å². The fourth-order valence-electron chi connectivity index (χ4n) is 2.12. The van der Waals surface area contributed by atoms with Crippen molar-refractivity contribution in [1.29, 1.82) is 0 Å². The van der Waals surface area contributed by atoms with Crippen LogP contribution in [0.2, 0.25) is 0 Å². The number of benzene rings is 1. The zero-order valence-corrected chi connectivity index (χ0v) is 12.7. The van der Waals surface area contributed by atoms with E-state index in [-0.39, 0.29) is 6.04 Å². The van der Waals surface area contributed by atoms with Gasteiger partial charge in [0.05, 0.1) is 4.90 Å². The Balaban J connectivity index is 2.32. The lowest BCUT2D eigenvalue weighted by molar-refractivity contribution is 0.316. The summed E-state index contributed by atoms with van der Waals surface area (Å²) in [6, 6.07) is 5.04. The Morgan fingerprint density at radius 3 is 2.78 bits per heavy atom. The van der Waals surface area contributed by atoms with E-state index in [1.54, 1.807) is 18.2 Å². The minimum absolute atomic E-state index is 0.0509. The van der Waals surface area contributed by atoms with Crippen LogP contribution in [-0.2, 0) is 10.0 Å². The molecule has 0 spiro atoms. The molecule has 0 aromatic heterocycles. The van der Waals surface area contributed by atoms with Gasteiger partial charge in [-0.25, -0.2) is 8.42 Å². The van der Waals surface area contributed by atoms with Crippen molar-refractivity contribution in [2.75, 3.05) is 13.1 Å². The second-order valence-electron chi connectivity index (χ2n) is 4.68. The van der Waals surface area contributed by atoms with E-state index in [2.05, 4.69) is 15.9 Å². The molecule has 4 nitrogen and oxygen atoms in total. The fraction of sp³-hybridized carbons (Fsp3) is 0.500. The van der Waals surface area contributed by atoms with Crippen LogP contribution in [0.25, 0.3) is 0 Å². The van der Waals surface area contributed by atoms with Crippen LogP contribution in [0.15, 0.2) is 27.6 Å². The van der Waals surface area contributed by atoms with Gasteiger partial charge in [-0.15, -0.1) is 0 Å². The van der Waals surface area contributed by atoms with Crippen molar-refractivity contribution in [2.45, 2.75) is 30.7 Å². The first-order valence-electron chi connectivity index (χ1n) is 5.93. The number of aryl methyl sites for hydroxylation is 1. The highest BCUT2D eigenvalue weighted by Crippen LogP contribution is 2.24. The molecule has 6 heteroatoms. The first kappa shape index (κ1) is 14.0. The summed E-state index contributed by atoms with van der Waals surface area (Å²) in [4.78, 5) is 0.345. The van der Waals surface area contributed by atoms with Gasteiger partial charge in [0.25, 0.3) is 0 Å². The van der Waals surface area contributed by atoms with Gasteiger partial charge in [-0.1, -0.05) is 15.9 Å². The van der Waals surface area contributed by atoms with Crippen LogP contribution >= 0.6 is 15.9 Å². The van der Waals surface area contributed by atoms with E-state index in [9.17, 15) is 8.42 Å². The standard InChI is InChI=1S/C12H17BrN2O2S/c1-9-7-11(4-5-12(9)13)18(16,17)15-6-2-3-10(14)8-15/h4-5,7,10H,2-3,6,8,14H2,1H3/t10-/m0/s1. The van der Waals surface area contributed by atoms with Crippen LogP contribution in [0.1, 0.15) is 18.4 Å². The summed E-state index contributed by atoms with van der Waals surface area (Å²) < 4.78 is 27.3. The molecule has 1 aromatic rings. The van der Waals surface area contributed by atoms with Crippen LogP contribution in [0, 0.1) is 6.92 Å². The molecule has 1 aliphatic rings. The Morgan fingerprint density at radius 1 is 1.44 bits per heavy atom. The van der Waals surface area contributed by atoms with E-state index in [1.807, 2.05) is 6.92 Å². The number of sulfonamides is 1. The van der Waals surface area contributed by atoms with Crippen molar-refractivity contribution in [1.82, 2.24) is 4.31 Å². The third-order valence-electron chi connectivity index (χ3n) is 3.19. The smallest absolute Gasteiger partial charge is 0.243 e. The second kappa shape index (κ2) is 5.28. The summed E-state index contributed by atoms with van der Waals surface area (Å²) in [7, 11) is -3.40. The number of nitrogens with zero attached hydrogens (tertiary/aromatic N) is 1. The average Bonchev–Trinajstić information content (AvgIpc) is 2.32. The SMILES string of the molecule is Cc1cc(S(=O)(=O)N2CCC[C@H](N)C2)ccc1Br. The lowest BCUT2D eigenvalue weighted by Gasteiger charge is -2.29. The number of hydrogen-bond donors (Lipinski definition) is 1. The van der Waals surface area contributed by atoms with Crippen molar-refractivity contribution in [3.05, 3.63) is 28.2 Å². The van der Waals surface area contributed by atoms with E-state index in [0.717, 1.165) is 22.9 Å². The zero-order valence-electron chi connectivity index (χ0n) is 10.3. The van der Waals surface area contributed by atoms with Gasteiger partial charge >= 0.3 is 0 Å². The van der Waals surface area contributed by atoms with E-state index >= 15 is 0 Å². The van der Waals surface area contributed by atoms with Gasteiger partial charge in [0.2, 0.25) is 10.0 Å². The predicted molar refractivity (Wildman–Crippen MR) is 74.8 cm³/mol. The monoisotopic (exact) mass is 332 g/mol. The maximum atomic E-state index is 12.5. The van der Waals surface area contributed by atoms with E-state index in [1.165, 1.54) is 4.31 Å². The third kappa shape index (κ3) is 2.77. The molecule has 0 aliphatic carbocycles. The minimum Gasteiger partial charge on any atom is -0.327 e. The molecule has 0 saturated carbocycles. The van der Waals surface area contributed by atoms with Crippen molar-refractivity contribution >= 4 is 26.0 Å². The lowest BCUT2D eigenvalue weighted by Crippen LogP contribution is -2.45. The Bertz CT molecular complexity index is 545. The molecule has 2 N–H and O–H groups in total. The summed E-state index contributed by atoms with van der Waals surface area (Å²) in [6.07, 6.45) is 1.72. The highest BCUT2D eigenvalue weighted by molar-refractivity contribution is 9.10. The van der Waals surface area contributed by atoms with Gasteiger partial charge in [-0.05, 0) is 43.5 Å². The quantitative estimate of drug-likeness (QED) is 0.899. The molecule has 1 aromatic carbocycles. The number of halogens is 1. The maximum absolute atomic E-state index is 12.5. The highest BCUT2D eigenvalue weighted by atomic mass is 79.9. The average molecular weight is 333 g/mol. The lowest BCUT2D eigenvalue weighted by atomic mass is 10.1. The Labute approximate surface area is 116 Å². The molecule has 1 aliphatic heterocycles. The summed E-state index contributed by atoms with van der Waals surface area (Å²) in [5, 5.41) is 0. The van der Waals surface area contributed by atoms with Crippen molar-refractivity contribution < 1.29 is 8.42 Å². The first-order valence-corrected chi connectivity index (χ1v) is 8.16. The fourth-order valence-corrected chi connectivity index (χ4v) is 3.99. The van der Waals surface area contributed by atoms with Gasteiger partial charge in [-0.2, -0.15) is 4.31 Å². The van der Waals surface area contributed by atoms with Crippen molar-refractivity contribution in [3.63, 3.8) is 0 Å². The number of hydrogen-bond acceptors (Lipinski definition) is 3. The molecule has 1 atom stereocenters. The Kier molecular flexibility index (Phi) is 4.11. The molecule has 0 amide bonds. The summed E-state index contributed by atoms with van der Waals surface area (Å²) in [5.41, 5.74) is 6.75. The minimum atomic E-state index is -3.40. The first-order chi connectivity index (χ1) is 8.41. The van der Waals surface area contributed by atoms with E-state index in [4.69, 9.17) is 5.73 Å². The largest absolute Gasteiger partial charge is 0.327 e. The molecule has 0 bridgehead atoms. The van der Waals surface area contributed by atoms with Gasteiger partial charge in [0.1, 0.15) is 0 Å². The molecular formula is C12H17BrN2O2S. The molecular weight excluding hydrogens is 316 g/mol. The van der Waals surface area contributed by atoms with Crippen LogP contribution in [0.4, 0.5) is 0 Å². The van der Waals surface area contributed by atoms with Crippen LogP contribution in [0.3, 0.4) is 0 Å². The Morgan fingerprint density at radius 2 is 2.17 bits per heavy atom. The van der Waals surface area contributed by atoms with Crippen molar-refractivity contribution in [2.24, 2.45) is 5.73 Å². The van der Waals surface area contributed by atoms with Crippen LogP contribution < -0.4 is 5.73 Å². The molecule has 1 fully saturated rings. The molecule has 100 valence electrons. The maximum Gasteiger partial charge on any atom is 0.243 e. The second-order valence-corrected chi connectivity index (χ2v) is 7.47.